The minimum atomic E-state index is 0.0234. The Bertz CT molecular complexity index is 694. The lowest BCUT2D eigenvalue weighted by molar-refractivity contribution is 0.281. The van der Waals surface area contributed by atoms with Crippen molar-refractivity contribution in [2.45, 2.75) is 19.8 Å². The molecule has 2 aromatic rings. The highest BCUT2D eigenvalue weighted by atomic mass is 32.1. The zero-order valence-electron chi connectivity index (χ0n) is 14.9. The maximum Gasteiger partial charge on any atom is 0.228 e. The van der Waals surface area contributed by atoms with E-state index in [-0.39, 0.29) is 13.2 Å². The molecule has 7 nitrogen and oxygen atoms in total. The van der Waals surface area contributed by atoms with Crippen LogP contribution in [0.25, 0.3) is 10.2 Å². The average molecular weight is 366 g/mol. The molecule has 0 saturated carbocycles. The van der Waals surface area contributed by atoms with Crippen molar-refractivity contribution >= 4 is 33.3 Å². The highest BCUT2D eigenvalue weighted by Gasteiger charge is 2.22. The molecule has 0 atom stereocenters. The van der Waals surface area contributed by atoms with Gasteiger partial charge in [0, 0.05) is 39.3 Å². The topological polar surface area (TPSA) is 84.8 Å². The molecular formula is C17H27N5O2S. The maximum absolute atomic E-state index is 9.46. The van der Waals surface area contributed by atoms with Gasteiger partial charge in [-0.2, -0.15) is 4.98 Å². The van der Waals surface area contributed by atoms with E-state index >= 15 is 0 Å². The fraction of sp³-hybridized carbons (Fsp3) is 0.647. The molecule has 2 aromatic heterocycles. The largest absolute Gasteiger partial charge is 0.395 e. The number of aliphatic hydroxyl groups excluding tert-OH is 2. The van der Waals surface area contributed by atoms with E-state index in [1.165, 1.54) is 5.56 Å². The zero-order valence-corrected chi connectivity index (χ0v) is 15.7. The van der Waals surface area contributed by atoms with Crippen LogP contribution in [0.4, 0.5) is 11.8 Å². The van der Waals surface area contributed by atoms with Gasteiger partial charge in [0.05, 0.1) is 18.6 Å². The number of aliphatic hydroxyl groups is 2. The van der Waals surface area contributed by atoms with Crippen LogP contribution in [0.5, 0.6) is 0 Å². The second-order valence-corrected chi connectivity index (χ2v) is 7.40. The molecule has 3 N–H and O–H groups in total. The molecule has 0 aromatic carbocycles. The first-order valence-corrected chi connectivity index (χ1v) is 9.75. The number of nitrogens with one attached hydrogen (secondary N) is 1. The van der Waals surface area contributed by atoms with Gasteiger partial charge in [0.2, 0.25) is 5.95 Å². The average Bonchev–Trinajstić information content (AvgIpc) is 3.06. The standard InChI is InChI=1S/C17H27N5O2S/c1-12(2)13-11-25-16-14(13)15(21(7-9-23)8-10-24)19-17(20-16)22-5-3-18-4-6-22/h11-12,18,23-24H,3-10H2,1-2H3. The van der Waals surface area contributed by atoms with Gasteiger partial charge in [-0.1, -0.05) is 13.8 Å². The Kier molecular flexibility index (Phi) is 6.06. The Labute approximate surface area is 152 Å². The minimum Gasteiger partial charge on any atom is -0.395 e. The second kappa shape index (κ2) is 8.27. The Hall–Kier alpha value is -1.48. The van der Waals surface area contributed by atoms with E-state index in [4.69, 9.17) is 9.97 Å². The molecule has 0 unspecified atom stereocenters. The second-order valence-electron chi connectivity index (χ2n) is 6.54. The van der Waals surface area contributed by atoms with Gasteiger partial charge in [-0.25, -0.2) is 4.98 Å². The first kappa shape index (κ1) is 18.3. The summed E-state index contributed by atoms with van der Waals surface area (Å²) >= 11 is 1.64. The lowest BCUT2D eigenvalue weighted by Gasteiger charge is -2.29. The Morgan fingerprint density at radius 3 is 2.48 bits per heavy atom. The summed E-state index contributed by atoms with van der Waals surface area (Å²) in [5.41, 5.74) is 1.22. The quantitative estimate of drug-likeness (QED) is 0.675. The molecule has 25 heavy (non-hydrogen) atoms. The predicted octanol–water partition coefficient (Wildman–Crippen LogP) is 1.02. The van der Waals surface area contributed by atoms with Gasteiger partial charge in [-0.15, -0.1) is 11.3 Å². The summed E-state index contributed by atoms with van der Waals surface area (Å²) in [7, 11) is 0. The predicted molar refractivity (Wildman–Crippen MR) is 103 cm³/mol. The van der Waals surface area contributed by atoms with Crippen molar-refractivity contribution in [1.29, 1.82) is 0 Å². The van der Waals surface area contributed by atoms with E-state index in [1.807, 2.05) is 4.90 Å². The molecule has 8 heteroatoms. The molecule has 0 bridgehead atoms. The summed E-state index contributed by atoms with van der Waals surface area (Å²) in [6.07, 6.45) is 0. The lowest BCUT2D eigenvalue weighted by Crippen LogP contribution is -2.44. The first-order valence-electron chi connectivity index (χ1n) is 8.87. The summed E-state index contributed by atoms with van der Waals surface area (Å²) in [6.45, 7) is 8.88. The van der Waals surface area contributed by atoms with Gasteiger partial charge < -0.3 is 25.3 Å². The molecule has 3 rings (SSSR count). The van der Waals surface area contributed by atoms with Crippen LogP contribution in [0.2, 0.25) is 0 Å². The molecule has 3 heterocycles. The number of piperazine rings is 1. The van der Waals surface area contributed by atoms with E-state index in [0.717, 1.165) is 48.2 Å². The van der Waals surface area contributed by atoms with Gasteiger partial charge in [0.25, 0.3) is 0 Å². The summed E-state index contributed by atoms with van der Waals surface area (Å²) in [6, 6.07) is 0. The summed E-state index contributed by atoms with van der Waals surface area (Å²) in [5.74, 6) is 1.93. The molecule has 0 radical (unpaired) electrons. The Morgan fingerprint density at radius 1 is 1.20 bits per heavy atom. The highest BCUT2D eigenvalue weighted by Crippen LogP contribution is 2.37. The maximum atomic E-state index is 9.46. The van der Waals surface area contributed by atoms with Crippen LogP contribution in [0.1, 0.15) is 25.3 Å². The number of fused-ring (bicyclic) bond motifs is 1. The van der Waals surface area contributed by atoms with E-state index in [1.54, 1.807) is 11.3 Å². The summed E-state index contributed by atoms with van der Waals surface area (Å²) < 4.78 is 0. The van der Waals surface area contributed by atoms with Crippen LogP contribution in [-0.2, 0) is 0 Å². The van der Waals surface area contributed by atoms with Crippen molar-refractivity contribution in [3.8, 4) is 0 Å². The molecular weight excluding hydrogens is 338 g/mol. The van der Waals surface area contributed by atoms with Crippen molar-refractivity contribution in [1.82, 2.24) is 15.3 Å². The minimum absolute atomic E-state index is 0.0234. The van der Waals surface area contributed by atoms with E-state index < -0.39 is 0 Å². The molecule has 1 aliphatic rings. The van der Waals surface area contributed by atoms with E-state index in [0.29, 0.717) is 19.0 Å². The molecule has 0 amide bonds. The van der Waals surface area contributed by atoms with Crippen molar-refractivity contribution in [3.05, 3.63) is 10.9 Å². The molecule has 1 saturated heterocycles. The summed E-state index contributed by atoms with van der Waals surface area (Å²) in [5, 5.41) is 25.5. The number of thiophene rings is 1. The van der Waals surface area contributed by atoms with Crippen LogP contribution < -0.4 is 15.1 Å². The van der Waals surface area contributed by atoms with E-state index in [9.17, 15) is 10.2 Å². The third-order valence-corrected chi connectivity index (χ3v) is 5.38. The third kappa shape index (κ3) is 3.87. The number of nitrogens with zero attached hydrogens (tertiary/aromatic N) is 4. The first-order chi connectivity index (χ1) is 12.2. The highest BCUT2D eigenvalue weighted by molar-refractivity contribution is 7.17. The third-order valence-electron chi connectivity index (χ3n) is 4.49. The number of aromatic nitrogens is 2. The van der Waals surface area contributed by atoms with Gasteiger partial charge in [0.15, 0.2) is 0 Å². The lowest BCUT2D eigenvalue weighted by atomic mass is 10.0. The van der Waals surface area contributed by atoms with Crippen LogP contribution in [-0.4, -0.2) is 72.7 Å². The fourth-order valence-corrected chi connectivity index (χ4v) is 4.25. The molecule has 138 valence electrons. The van der Waals surface area contributed by atoms with Gasteiger partial charge in [-0.3, -0.25) is 0 Å². The monoisotopic (exact) mass is 365 g/mol. The molecule has 1 fully saturated rings. The van der Waals surface area contributed by atoms with Crippen LogP contribution in [0.3, 0.4) is 0 Å². The Morgan fingerprint density at radius 2 is 1.88 bits per heavy atom. The van der Waals surface area contributed by atoms with Crippen LogP contribution in [0.15, 0.2) is 5.38 Å². The van der Waals surface area contributed by atoms with Crippen molar-refractivity contribution in [2.75, 3.05) is 62.3 Å². The Balaban J connectivity index is 2.12. The SMILES string of the molecule is CC(C)c1csc2nc(N3CCNCC3)nc(N(CCO)CCO)c12. The number of hydrogen-bond acceptors (Lipinski definition) is 8. The number of hydrogen-bond donors (Lipinski definition) is 3. The molecule has 1 aliphatic heterocycles. The van der Waals surface area contributed by atoms with E-state index in [2.05, 4.69) is 29.4 Å². The van der Waals surface area contributed by atoms with Crippen molar-refractivity contribution < 1.29 is 10.2 Å². The number of anilines is 2. The van der Waals surface area contributed by atoms with Gasteiger partial charge in [0.1, 0.15) is 10.6 Å². The molecule has 0 spiro atoms. The van der Waals surface area contributed by atoms with Gasteiger partial charge in [-0.05, 0) is 16.9 Å². The fourth-order valence-electron chi connectivity index (χ4n) is 3.16. The normalized spacial score (nSPS) is 15.3. The summed E-state index contributed by atoms with van der Waals surface area (Å²) in [4.78, 5) is 14.8. The molecule has 0 aliphatic carbocycles. The van der Waals surface area contributed by atoms with Gasteiger partial charge >= 0.3 is 0 Å². The zero-order chi connectivity index (χ0) is 17.8. The van der Waals surface area contributed by atoms with Crippen molar-refractivity contribution in [3.63, 3.8) is 0 Å². The smallest absolute Gasteiger partial charge is 0.228 e. The van der Waals surface area contributed by atoms with Crippen LogP contribution in [0, 0.1) is 0 Å². The van der Waals surface area contributed by atoms with Crippen molar-refractivity contribution in [2.24, 2.45) is 0 Å². The van der Waals surface area contributed by atoms with Crippen LogP contribution >= 0.6 is 11.3 Å². The number of rotatable bonds is 7.